The highest BCUT2D eigenvalue weighted by molar-refractivity contribution is 5.26. The molecule has 0 bridgehead atoms. The standard InChI is InChI=1S/C15H20O4/c1-10-3-5-12(6-4-10)18-11(2)7-16-8-14-15(19-14)13-9-17-13/h3-6,11,13-15H,7-9H2,1-2H3. The van der Waals surface area contributed by atoms with Crippen molar-refractivity contribution in [2.24, 2.45) is 0 Å². The zero-order valence-electron chi connectivity index (χ0n) is 11.4. The molecule has 2 aliphatic rings. The third kappa shape index (κ3) is 3.69. The number of ether oxygens (including phenoxy) is 4. The normalized spacial score (nSPS) is 29.9. The molecule has 2 aliphatic heterocycles. The summed E-state index contributed by atoms with van der Waals surface area (Å²) in [5.41, 5.74) is 1.23. The van der Waals surface area contributed by atoms with E-state index in [9.17, 15) is 0 Å². The van der Waals surface area contributed by atoms with Gasteiger partial charge in [0, 0.05) is 0 Å². The Morgan fingerprint density at radius 3 is 2.74 bits per heavy atom. The summed E-state index contributed by atoms with van der Waals surface area (Å²) in [4.78, 5) is 0. The summed E-state index contributed by atoms with van der Waals surface area (Å²) < 4.78 is 22.0. The van der Waals surface area contributed by atoms with E-state index in [4.69, 9.17) is 18.9 Å². The third-order valence-electron chi connectivity index (χ3n) is 3.34. The number of hydrogen-bond donors (Lipinski definition) is 0. The average Bonchev–Trinajstić information content (AvgIpc) is 3.24. The second-order valence-electron chi connectivity index (χ2n) is 5.29. The van der Waals surface area contributed by atoms with Gasteiger partial charge in [-0.3, -0.25) is 0 Å². The lowest BCUT2D eigenvalue weighted by Gasteiger charge is -2.14. The van der Waals surface area contributed by atoms with Crippen molar-refractivity contribution in [3.05, 3.63) is 29.8 Å². The van der Waals surface area contributed by atoms with Crippen LogP contribution in [0.5, 0.6) is 5.75 Å². The second-order valence-corrected chi connectivity index (χ2v) is 5.29. The molecule has 0 aliphatic carbocycles. The van der Waals surface area contributed by atoms with Crippen LogP contribution in [0.4, 0.5) is 0 Å². The van der Waals surface area contributed by atoms with Gasteiger partial charge in [-0.25, -0.2) is 0 Å². The van der Waals surface area contributed by atoms with E-state index >= 15 is 0 Å². The van der Waals surface area contributed by atoms with Crippen LogP contribution < -0.4 is 4.74 Å². The molecule has 1 aromatic carbocycles. The van der Waals surface area contributed by atoms with E-state index in [2.05, 4.69) is 6.92 Å². The van der Waals surface area contributed by atoms with E-state index in [0.717, 1.165) is 12.4 Å². The van der Waals surface area contributed by atoms with Crippen LogP contribution in [0.2, 0.25) is 0 Å². The van der Waals surface area contributed by atoms with E-state index in [1.807, 2.05) is 31.2 Å². The Kier molecular flexibility index (Phi) is 3.73. The van der Waals surface area contributed by atoms with Crippen molar-refractivity contribution in [3.63, 3.8) is 0 Å². The first-order chi connectivity index (χ1) is 9.22. The molecule has 3 rings (SSSR count). The van der Waals surface area contributed by atoms with Gasteiger partial charge in [-0.2, -0.15) is 0 Å². The molecule has 4 atom stereocenters. The molecule has 0 amide bonds. The lowest BCUT2D eigenvalue weighted by molar-refractivity contribution is 0.0505. The molecule has 4 unspecified atom stereocenters. The summed E-state index contributed by atoms with van der Waals surface area (Å²) in [5, 5.41) is 0. The Morgan fingerprint density at radius 1 is 1.32 bits per heavy atom. The predicted octanol–water partition coefficient (Wildman–Crippen LogP) is 1.95. The van der Waals surface area contributed by atoms with Crippen molar-refractivity contribution in [3.8, 4) is 5.75 Å². The van der Waals surface area contributed by atoms with Crippen LogP contribution in [0.1, 0.15) is 12.5 Å². The topological polar surface area (TPSA) is 43.5 Å². The van der Waals surface area contributed by atoms with Crippen molar-refractivity contribution >= 4 is 0 Å². The zero-order chi connectivity index (χ0) is 13.2. The number of aryl methyl sites for hydroxylation is 1. The molecule has 0 saturated carbocycles. The van der Waals surface area contributed by atoms with Crippen LogP contribution in [-0.4, -0.2) is 44.2 Å². The van der Waals surface area contributed by atoms with Crippen LogP contribution in [0.3, 0.4) is 0 Å². The lowest BCUT2D eigenvalue weighted by atomic mass is 10.2. The molecule has 2 heterocycles. The summed E-state index contributed by atoms with van der Waals surface area (Å²) >= 11 is 0. The maximum absolute atomic E-state index is 5.77. The Hall–Kier alpha value is -1.10. The maximum atomic E-state index is 5.77. The van der Waals surface area contributed by atoms with Gasteiger partial charge in [-0.05, 0) is 26.0 Å². The summed E-state index contributed by atoms with van der Waals surface area (Å²) in [6.45, 7) is 6.12. The Morgan fingerprint density at radius 2 is 2.05 bits per heavy atom. The Bertz CT molecular complexity index is 413. The zero-order valence-corrected chi connectivity index (χ0v) is 11.4. The van der Waals surface area contributed by atoms with Crippen molar-refractivity contribution in [2.45, 2.75) is 38.3 Å². The molecule has 1 aromatic rings. The second kappa shape index (κ2) is 5.49. The Labute approximate surface area is 113 Å². The summed E-state index contributed by atoms with van der Waals surface area (Å²) in [7, 11) is 0. The first-order valence-corrected chi connectivity index (χ1v) is 6.80. The van der Waals surface area contributed by atoms with E-state index in [1.54, 1.807) is 0 Å². The third-order valence-corrected chi connectivity index (χ3v) is 3.34. The van der Waals surface area contributed by atoms with Crippen LogP contribution in [0.15, 0.2) is 24.3 Å². The van der Waals surface area contributed by atoms with Crippen LogP contribution in [-0.2, 0) is 14.2 Å². The van der Waals surface area contributed by atoms with Gasteiger partial charge in [-0.1, -0.05) is 17.7 Å². The molecule has 104 valence electrons. The number of hydrogen-bond acceptors (Lipinski definition) is 4. The lowest BCUT2D eigenvalue weighted by Crippen LogP contribution is -2.21. The molecule has 0 aromatic heterocycles. The van der Waals surface area contributed by atoms with Crippen LogP contribution in [0, 0.1) is 6.92 Å². The average molecular weight is 264 g/mol. The molecule has 0 radical (unpaired) electrons. The van der Waals surface area contributed by atoms with Gasteiger partial charge in [0.05, 0.1) is 19.8 Å². The van der Waals surface area contributed by atoms with Crippen molar-refractivity contribution < 1.29 is 18.9 Å². The number of benzene rings is 1. The quantitative estimate of drug-likeness (QED) is 0.706. The number of epoxide rings is 2. The number of rotatable bonds is 7. The highest BCUT2D eigenvalue weighted by Gasteiger charge is 2.51. The molecular formula is C15H20O4. The SMILES string of the molecule is Cc1ccc(OC(C)COCC2OC2C2CO2)cc1. The minimum absolute atomic E-state index is 0.0390. The fraction of sp³-hybridized carbons (Fsp3) is 0.600. The van der Waals surface area contributed by atoms with Gasteiger partial charge in [0.25, 0.3) is 0 Å². The van der Waals surface area contributed by atoms with Gasteiger partial charge >= 0.3 is 0 Å². The smallest absolute Gasteiger partial charge is 0.119 e. The molecule has 2 fully saturated rings. The van der Waals surface area contributed by atoms with Gasteiger partial charge in [0.1, 0.15) is 30.2 Å². The largest absolute Gasteiger partial charge is 0.488 e. The van der Waals surface area contributed by atoms with E-state index in [0.29, 0.717) is 19.3 Å². The summed E-state index contributed by atoms with van der Waals surface area (Å²) in [6.07, 6.45) is 0.860. The van der Waals surface area contributed by atoms with Gasteiger partial charge in [0.2, 0.25) is 0 Å². The van der Waals surface area contributed by atoms with E-state index < -0.39 is 0 Å². The fourth-order valence-corrected chi connectivity index (χ4v) is 2.10. The Balaban J connectivity index is 1.32. The van der Waals surface area contributed by atoms with Gasteiger partial charge < -0.3 is 18.9 Å². The van der Waals surface area contributed by atoms with Crippen molar-refractivity contribution in [1.29, 1.82) is 0 Å². The maximum Gasteiger partial charge on any atom is 0.119 e. The minimum atomic E-state index is 0.0390. The predicted molar refractivity (Wildman–Crippen MR) is 70.5 cm³/mol. The highest BCUT2D eigenvalue weighted by atomic mass is 16.7. The summed E-state index contributed by atoms with van der Waals surface area (Å²) in [6, 6.07) is 8.05. The van der Waals surface area contributed by atoms with Crippen LogP contribution >= 0.6 is 0 Å². The first-order valence-electron chi connectivity index (χ1n) is 6.80. The molecular weight excluding hydrogens is 244 g/mol. The first kappa shape index (κ1) is 12.9. The minimum Gasteiger partial charge on any atom is -0.488 e. The highest BCUT2D eigenvalue weighted by Crippen LogP contribution is 2.33. The van der Waals surface area contributed by atoms with Crippen molar-refractivity contribution in [1.82, 2.24) is 0 Å². The van der Waals surface area contributed by atoms with E-state index in [-0.39, 0.29) is 18.3 Å². The molecule has 19 heavy (non-hydrogen) atoms. The molecule has 4 heteroatoms. The van der Waals surface area contributed by atoms with Crippen LogP contribution in [0.25, 0.3) is 0 Å². The summed E-state index contributed by atoms with van der Waals surface area (Å²) in [5.74, 6) is 0.883. The molecule has 0 N–H and O–H groups in total. The van der Waals surface area contributed by atoms with Gasteiger partial charge in [0.15, 0.2) is 0 Å². The monoisotopic (exact) mass is 264 g/mol. The van der Waals surface area contributed by atoms with Crippen molar-refractivity contribution in [2.75, 3.05) is 19.8 Å². The molecule has 2 saturated heterocycles. The molecule has 4 nitrogen and oxygen atoms in total. The fourth-order valence-electron chi connectivity index (χ4n) is 2.10. The van der Waals surface area contributed by atoms with E-state index in [1.165, 1.54) is 5.56 Å². The molecule has 0 spiro atoms. The van der Waals surface area contributed by atoms with Gasteiger partial charge in [-0.15, -0.1) is 0 Å².